The third kappa shape index (κ3) is 3.47. The standard InChI is InChI=1S/C10H17NO3/c1-8(5-9(12)13)6-11-10(2)3-4-14-7-10/h5,11H,3-4,6-7H2,1-2H3,(H,12,13). The molecule has 1 atom stereocenters. The predicted octanol–water partition coefficient (Wildman–Crippen LogP) is 0.786. The normalized spacial score (nSPS) is 28.0. The summed E-state index contributed by atoms with van der Waals surface area (Å²) in [5, 5.41) is 11.8. The molecule has 80 valence electrons. The monoisotopic (exact) mass is 199 g/mol. The molecule has 0 bridgehead atoms. The third-order valence-electron chi connectivity index (χ3n) is 2.38. The van der Waals surface area contributed by atoms with E-state index < -0.39 is 5.97 Å². The van der Waals surface area contributed by atoms with E-state index in [1.54, 1.807) is 6.92 Å². The molecular weight excluding hydrogens is 182 g/mol. The minimum absolute atomic E-state index is 0.00754. The average molecular weight is 199 g/mol. The van der Waals surface area contributed by atoms with Gasteiger partial charge in [-0.15, -0.1) is 0 Å². The largest absolute Gasteiger partial charge is 0.478 e. The van der Waals surface area contributed by atoms with Gasteiger partial charge in [0.25, 0.3) is 0 Å². The summed E-state index contributed by atoms with van der Waals surface area (Å²) in [5.41, 5.74) is 0.832. The molecule has 0 radical (unpaired) electrons. The van der Waals surface area contributed by atoms with E-state index in [1.807, 2.05) is 0 Å². The maximum absolute atomic E-state index is 10.4. The van der Waals surface area contributed by atoms with Crippen LogP contribution in [0.1, 0.15) is 20.3 Å². The van der Waals surface area contributed by atoms with Crippen LogP contribution in [0.2, 0.25) is 0 Å². The van der Waals surface area contributed by atoms with E-state index in [-0.39, 0.29) is 5.54 Å². The first-order chi connectivity index (χ1) is 6.52. The Morgan fingerprint density at radius 1 is 1.71 bits per heavy atom. The Bertz CT molecular complexity index is 242. The maximum atomic E-state index is 10.4. The maximum Gasteiger partial charge on any atom is 0.328 e. The molecule has 0 aromatic carbocycles. The number of carbonyl (C=O) groups is 1. The number of aliphatic carboxylic acids is 1. The summed E-state index contributed by atoms with van der Waals surface area (Å²) < 4.78 is 5.28. The number of rotatable bonds is 4. The summed E-state index contributed by atoms with van der Waals surface area (Å²) in [6, 6.07) is 0. The molecule has 4 heteroatoms. The zero-order valence-corrected chi connectivity index (χ0v) is 8.67. The second-order valence-corrected chi connectivity index (χ2v) is 4.05. The lowest BCUT2D eigenvalue weighted by molar-refractivity contribution is -0.131. The smallest absolute Gasteiger partial charge is 0.328 e. The molecule has 1 fully saturated rings. The first-order valence-corrected chi connectivity index (χ1v) is 4.75. The zero-order chi connectivity index (χ0) is 10.6. The van der Waals surface area contributed by atoms with E-state index >= 15 is 0 Å². The number of ether oxygens (including phenoxy) is 1. The van der Waals surface area contributed by atoms with Gasteiger partial charge in [-0.25, -0.2) is 4.79 Å². The highest BCUT2D eigenvalue weighted by molar-refractivity contribution is 5.80. The van der Waals surface area contributed by atoms with Crippen molar-refractivity contribution >= 4 is 5.97 Å². The van der Waals surface area contributed by atoms with Gasteiger partial charge in [0.15, 0.2) is 0 Å². The van der Waals surface area contributed by atoms with E-state index in [0.717, 1.165) is 18.6 Å². The number of hydrogen-bond acceptors (Lipinski definition) is 3. The van der Waals surface area contributed by atoms with Crippen molar-refractivity contribution < 1.29 is 14.6 Å². The van der Waals surface area contributed by atoms with E-state index in [2.05, 4.69) is 12.2 Å². The Balaban J connectivity index is 2.36. The first-order valence-electron chi connectivity index (χ1n) is 4.75. The molecule has 1 aliphatic heterocycles. The fraction of sp³-hybridized carbons (Fsp3) is 0.700. The van der Waals surface area contributed by atoms with Gasteiger partial charge in [0.05, 0.1) is 6.61 Å². The Hall–Kier alpha value is -0.870. The third-order valence-corrected chi connectivity index (χ3v) is 2.38. The van der Waals surface area contributed by atoms with Crippen molar-refractivity contribution in [3.8, 4) is 0 Å². The van der Waals surface area contributed by atoms with Gasteiger partial charge < -0.3 is 15.2 Å². The summed E-state index contributed by atoms with van der Waals surface area (Å²) in [5.74, 6) is -0.892. The molecular formula is C10H17NO3. The second-order valence-electron chi connectivity index (χ2n) is 4.05. The van der Waals surface area contributed by atoms with Gasteiger partial charge in [0, 0.05) is 24.8 Å². The Morgan fingerprint density at radius 2 is 2.43 bits per heavy atom. The second kappa shape index (κ2) is 4.57. The Kier molecular flexibility index (Phi) is 3.66. The van der Waals surface area contributed by atoms with E-state index in [9.17, 15) is 4.79 Å². The Labute approximate surface area is 83.9 Å². The summed E-state index contributed by atoms with van der Waals surface area (Å²) in [4.78, 5) is 10.4. The lowest BCUT2D eigenvalue weighted by atomic mass is 10.0. The van der Waals surface area contributed by atoms with Crippen LogP contribution in [0.15, 0.2) is 11.6 Å². The van der Waals surface area contributed by atoms with Gasteiger partial charge in [-0.3, -0.25) is 0 Å². The van der Waals surface area contributed by atoms with E-state index in [1.165, 1.54) is 6.08 Å². The summed E-state index contributed by atoms with van der Waals surface area (Å²) in [6.45, 7) is 5.99. The summed E-state index contributed by atoms with van der Waals surface area (Å²) >= 11 is 0. The van der Waals surface area contributed by atoms with Crippen LogP contribution in [-0.2, 0) is 9.53 Å². The SMILES string of the molecule is CC(=CC(=O)O)CNC1(C)CCOC1. The molecule has 0 amide bonds. The van der Waals surface area contributed by atoms with Crippen LogP contribution in [0.25, 0.3) is 0 Å². The summed E-state index contributed by atoms with van der Waals surface area (Å²) in [7, 11) is 0. The predicted molar refractivity (Wildman–Crippen MR) is 53.2 cm³/mol. The molecule has 1 rings (SSSR count). The number of carboxylic acid groups (broad SMARTS) is 1. The van der Waals surface area contributed by atoms with Crippen molar-refractivity contribution in [1.82, 2.24) is 5.32 Å². The lowest BCUT2D eigenvalue weighted by Gasteiger charge is -2.23. The van der Waals surface area contributed by atoms with E-state index in [4.69, 9.17) is 9.84 Å². The molecule has 1 unspecified atom stereocenters. The van der Waals surface area contributed by atoms with Gasteiger partial charge in [-0.1, -0.05) is 5.57 Å². The van der Waals surface area contributed by atoms with Crippen LogP contribution in [-0.4, -0.2) is 36.4 Å². The topological polar surface area (TPSA) is 58.6 Å². The van der Waals surface area contributed by atoms with Crippen LogP contribution in [0.4, 0.5) is 0 Å². The highest BCUT2D eigenvalue weighted by Gasteiger charge is 2.28. The van der Waals surface area contributed by atoms with Crippen molar-refractivity contribution in [3.05, 3.63) is 11.6 Å². The quantitative estimate of drug-likeness (QED) is 0.657. The van der Waals surface area contributed by atoms with Gasteiger partial charge in [-0.05, 0) is 20.3 Å². The molecule has 0 aliphatic carbocycles. The fourth-order valence-electron chi connectivity index (χ4n) is 1.42. The molecule has 1 saturated heterocycles. The van der Waals surface area contributed by atoms with Gasteiger partial charge >= 0.3 is 5.97 Å². The van der Waals surface area contributed by atoms with Crippen molar-refractivity contribution in [2.75, 3.05) is 19.8 Å². The minimum atomic E-state index is -0.892. The first kappa shape index (κ1) is 11.2. The van der Waals surface area contributed by atoms with Crippen molar-refractivity contribution in [2.24, 2.45) is 0 Å². The van der Waals surface area contributed by atoms with Gasteiger partial charge in [0.2, 0.25) is 0 Å². The van der Waals surface area contributed by atoms with Gasteiger partial charge in [-0.2, -0.15) is 0 Å². The van der Waals surface area contributed by atoms with Crippen LogP contribution in [0, 0.1) is 0 Å². The molecule has 1 aliphatic rings. The summed E-state index contributed by atoms with van der Waals surface area (Å²) in [6.07, 6.45) is 2.21. The Morgan fingerprint density at radius 3 is 2.93 bits per heavy atom. The zero-order valence-electron chi connectivity index (χ0n) is 8.67. The fourth-order valence-corrected chi connectivity index (χ4v) is 1.42. The molecule has 4 nitrogen and oxygen atoms in total. The van der Waals surface area contributed by atoms with Crippen molar-refractivity contribution in [2.45, 2.75) is 25.8 Å². The molecule has 0 spiro atoms. The van der Waals surface area contributed by atoms with Crippen LogP contribution in [0.3, 0.4) is 0 Å². The lowest BCUT2D eigenvalue weighted by Crippen LogP contribution is -2.43. The molecule has 2 N–H and O–H groups in total. The molecule has 14 heavy (non-hydrogen) atoms. The number of carboxylic acids is 1. The van der Waals surface area contributed by atoms with E-state index in [0.29, 0.717) is 13.2 Å². The van der Waals surface area contributed by atoms with Gasteiger partial charge in [0.1, 0.15) is 0 Å². The van der Waals surface area contributed by atoms with Crippen LogP contribution in [0.5, 0.6) is 0 Å². The number of nitrogens with one attached hydrogen (secondary N) is 1. The molecule has 0 saturated carbocycles. The van der Waals surface area contributed by atoms with Crippen molar-refractivity contribution in [1.29, 1.82) is 0 Å². The minimum Gasteiger partial charge on any atom is -0.478 e. The highest BCUT2D eigenvalue weighted by Crippen LogP contribution is 2.17. The molecule has 0 aromatic heterocycles. The molecule has 1 heterocycles. The van der Waals surface area contributed by atoms with Crippen LogP contribution < -0.4 is 5.32 Å². The molecule has 0 aromatic rings. The average Bonchev–Trinajstić information content (AvgIpc) is 2.49. The number of hydrogen-bond donors (Lipinski definition) is 2. The van der Waals surface area contributed by atoms with Crippen molar-refractivity contribution in [3.63, 3.8) is 0 Å². The van der Waals surface area contributed by atoms with Crippen LogP contribution >= 0.6 is 0 Å². The highest BCUT2D eigenvalue weighted by atomic mass is 16.5.